The van der Waals surface area contributed by atoms with Crippen LogP contribution >= 0.6 is 0 Å². The van der Waals surface area contributed by atoms with E-state index < -0.39 is 5.97 Å². The average Bonchev–Trinajstić information content (AvgIpc) is 1.56. The van der Waals surface area contributed by atoms with Gasteiger partial charge in [0.05, 0.1) is 11.5 Å². The normalized spacial score (nSPS) is 49.3. The summed E-state index contributed by atoms with van der Waals surface area (Å²) < 4.78 is 5.13. The first-order valence-corrected chi connectivity index (χ1v) is 3.47. The van der Waals surface area contributed by atoms with Crippen LogP contribution in [0.5, 0.6) is 0 Å². The molecule has 3 rings (SSSR count). The summed E-state index contributed by atoms with van der Waals surface area (Å²) in [5.74, 6) is -0.473. The summed E-state index contributed by atoms with van der Waals surface area (Å²) in [5, 5.41) is 8.65. The van der Waals surface area contributed by atoms with Gasteiger partial charge in [-0.2, -0.15) is 0 Å². The smallest absolute Gasteiger partial charge is 0.309 e. The van der Waals surface area contributed by atoms with Crippen molar-refractivity contribution in [2.24, 2.45) is 11.8 Å². The summed E-state index contributed by atoms with van der Waals surface area (Å²) >= 11 is 0. The van der Waals surface area contributed by atoms with Crippen LogP contribution in [0.3, 0.4) is 0 Å². The van der Waals surface area contributed by atoms with Gasteiger partial charge < -0.3 is 9.84 Å². The molecule has 0 spiro atoms. The molecule has 3 fully saturated rings. The second-order valence-electron chi connectivity index (χ2n) is 3.25. The molecule has 0 aliphatic heterocycles. The third-order valence-corrected chi connectivity index (χ3v) is 2.93. The molecule has 3 nitrogen and oxygen atoms in total. The average molecular weight is 142 g/mol. The molecule has 3 aliphatic rings. The van der Waals surface area contributed by atoms with Crippen molar-refractivity contribution >= 4 is 5.97 Å². The molecule has 0 radical (unpaired) electrons. The number of carboxylic acid groups (broad SMARTS) is 1. The standard InChI is InChI=1S/C7H10O3/c1-10-7-2-4(3-7)5(7)6(8)9/h4-5H,2-3H2,1H3,(H,8,9). The molecule has 10 heavy (non-hydrogen) atoms. The van der Waals surface area contributed by atoms with Crippen molar-refractivity contribution in [1.29, 1.82) is 0 Å². The van der Waals surface area contributed by atoms with E-state index in [-0.39, 0.29) is 11.5 Å². The molecule has 0 saturated heterocycles. The molecule has 1 unspecified atom stereocenters. The molecule has 3 aliphatic carbocycles. The van der Waals surface area contributed by atoms with Gasteiger partial charge >= 0.3 is 5.97 Å². The number of aliphatic carboxylic acids is 1. The molecule has 56 valence electrons. The highest BCUT2D eigenvalue weighted by atomic mass is 16.5. The molecule has 0 aromatic rings. The van der Waals surface area contributed by atoms with E-state index >= 15 is 0 Å². The molecule has 3 saturated carbocycles. The quantitative estimate of drug-likeness (QED) is 0.610. The fourth-order valence-electron chi connectivity index (χ4n) is 2.15. The van der Waals surface area contributed by atoms with E-state index in [1.54, 1.807) is 7.11 Å². The van der Waals surface area contributed by atoms with E-state index in [9.17, 15) is 4.79 Å². The third-order valence-electron chi connectivity index (χ3n) is 2.93. The lowest BCUT2D eigenvalue weighted by Gasteiger charge is -2.64. The number of carboxylic acids is 1. The molecule has 3 heteroatoms. The number of carbonyl (C=O) groups is 1. The van der Waals surface area contributed by atoms with Gasteiger partial charge in [0.15, 0.2) is 0 Å². The van der Waals surface area contributed by atoms with Gasteiger partial charge in [-0.05, 0) is 18.8 Å². The zero-order chi connectivity index (χ0) is 7.35. The van der Waals surface area contributed by atoms with Crippen molar-refractivity contribution in [1.82, 2.24) is 0 Å². The highest BCUT2D eigenvalue weighted by molar-refractivity contribution is 5.75. The predicted molar refractivity (Wildman–Crippen MR) is 33.6 cm³/mol. The fraction of sp³-hybridized carbons (Fsp3) is 0.857. The van der Waals surface area contributed by atoms with E-state index in [0.717, 1.165) is 12.8 Å². The Morgan fingerprint density at radius 3 is 2.40 bits per heavy atom. The maximum atomic E-state index is 10.5. The van der Waals surface area contributed by atoms with E-state index in [4.69, 9.17) is 9.84 Å². The Labute approximate surface area is 59.0 Å². The minimum atomic E-state index is -0.690. The van der Waals surface area contributed by atoms with Crippen LogP contribution in [0.15, 0.2) is 0 Å². The van der Waals surface area contributed by atoms with Gasteiger partial charge in [-0.25, -0.2) is 0 Å². The highest BCUT2D eigenvalue weighted by Gasteiger charge is 2.69. The van der Waals surface area contributed by atoms with Gasteiger partial charge in [-0.1, -0.05) is 0 Å². The van der Waals surface area contributed by atoms with Crippen molar-refractivity contribution in [3.63, 3.8) is 0 Å². The SMILES string of the molecule is COC12CC(C1)C2C(=O)O. The van der Waals surface area contributed by atoms with Crippen molar-refractivity contribution < 1.29 is 14.6 Å². The van der Waals surface area contributed by atoms with Gasteiger partial charge in [-0.3, -0.25) is 4.79 Å². The van der Waals surface area contributed by atoms with Gasteiger partial charge in [-0.15, -0.1) is 0 Å². The fourth-order valence-corrected chi connectivity index (χ4v) is 2.15. The Hall–Kier alpha value is -0.570. The van der Waals surface area contributed by atoms with Gasteiger partial charge in [0, 0.05) is 7.11 Å². The molecule has 2 bridgehead atoms. The number of ether oxygens (including phenoxy) is 1. The second kappa shape index (κ2) is 1.53. The van der Waals surface area contributed by atoms with E-state index in [1.807, 2.05) is 0 Å². The van der Waals surface area contributed by atoms with Crippen LogP contribution in [0.2, 0.25) is 0 Å². The number of methoxy groups -OCH3 is 1. The third kappa shape index (κ3) is 0.440. The van der Waals surface area contributed by atoms with Crippen LogP contribution in [0, 0.1) is 11.8 Å². The summed E-state index contributed by atoms with van der Waals surface area (Å²) in [5.41, 5.74) is -0.253. The maximum absolute atomic E-state index is 10.5. The van der Waals surface area contributed by atoms with Crippen molar-refractivity contribution in [2.45, 2.75) is 18.4 Å². The van der Waals surface area contributed by atoms with Crippen molar-refractivity contribution in [3.05, 3.63) is 0 Å². The molecular weight excluding hydrogens is 132 g/mol. The largest absolute Gasteiger partial charge is 0.481 e. The van der Waals surface area contributed by atoms with Crippen molar-refractivity contribution in [3.8, 4) is 0 Å². The molecule has 1 atom stereocenters. The molecule has 1 N–H and O–H groups in total. The minimum absolute atomic E-state index is 0.197. The summed E-state index contributed by atoms with van der Waals surface area (Å²) in [6.07, 6.45) is 1.92. The molecule has 0 aromatic heterocycles. The zero-order valence-electron chi connectivity index (χ0n) is 5.83. The lowest BCUT2D eigenvalue weighted by molar-refractivity contribution is -0.267. The topological polar surface area (TPSA) is 46.5 Å². The molecule has 0 amide bonds. The first kappa shape index (κ1) is 6.16. The van der Waals surface area contributed by atoms with Crippen LogP contribution in [0.4, 0.5) is 0 Å². The van der Waals surface area contributed by atoms with Crippen LogP contribution in [-0.2, 0) is 9.53 Å². The van der Waals surface area contributed by atoms with Crippen LogP contribution < -0.4 is 0 Å². The van der Waals surface area contributed by atoms with Crippen LogP contribution in [-0.4, -0.2) is 23.8 Å². The summed E-state index contributed by atoms with van der Waals surface area (Å²) in [6, 6.07) is 0. The Bertz CT molecular complexity index is 176. The molecule has 0 aromatic carbocycles. The summed E-state index contributed by atoms with van der Waals surface area (Å²) in [4.78, 5) is 10.5. The van der Waals surface area contributed by atoms with E-state index in [1.165, 1.54) is 0 Å². The lowest BCUT2D eigenvalue weighted by Crippen LogP contribution is -2.70. The summed E-state index contributed by atoms with van der Waals surface area (Å²) in [6.45, 7) is 0. The number of hydrogen-bond acceptors (Lipinski definition) is 2. The zero-order valence-corrected chi connectivity index (χ0v) is 5.83. The number of hydrogen-bond donors (Lipinski definition) is 1. The Morgan fingerprint density at radius 1 is 1.70 bits per heavy atom. The maximum Gasteiger partial charge on any atom is 0.309 e. The molecule has 0 heterocycles. The van der Waals surface area contributed by atoms with Gasteiger partial charge in [0.2, 0.25) is 0 Å². The van der Waals surface area contributed by atoms with E-state index in [0.29, 0.717) is 5.92 Å². The van der Waals surface area contributed by atoms with Gasteiger partial charge in [0.1, 0.15) is 0 Å². The Balaban J connectivity index is 2.09. The van der Waals surface area contributed by atoms with Crippen molar-refractivity contribution in [2.75, 3.05) is 7.11 Å². The minimum Gasteiger partial charge on any atom is -0.481 e. The predicted octanol–water partition coefficient (Wildman–Crippen LogP) is 0.496. The first-order chi connectivity index (χ1) is 4.69. The number of rotatable bonds is 2. The van der Waals surface area contributed by atoms with Gasteiger partial charge in [0.25, 0.3) is 0 Å². The first-order valence-electron chi connectivity index (χ1n) is 3.47. The lowest BCUT2D eigenvalue weighted by atomic mass is 9.44. The monoisotopic (exact) mass is 142 g/mol. The second-order valence-corrected chi connectivity index (χ2v) is 3.25. The summed E-state index contributed by atoms with van der Waals surface area (Å²) in [7, 11) is 1.60. The molecular formula is C7H10O3. The van der Waals surface area contributed by atoms with Crippen LogP contribution in [0.1, 0.15) is 12.8 Å². The van der Waals surface area contributed by atoms with Crippen LogP contribution in [0.25, 0.3) is 0 Å². The Morgan fingerprint density at radius 2 is 2.30 bits per heavy atom. The highest BCUT2D eigenvalue weighted by Crippen LogP contribution is 2.63. The van der Waals surface area contributed by atoms with E-state index in [2.05, 4.69) is 0 Å². The Kier molecular flexibility index (Phi) is 0.944.